The zero-order valence-corrected chi connectivity index (χ0v) is 13.3. The second-order valence-electron chi connectivity index (χ2n) is 6.30. The van der Waals surface area contributed by atoms with Crippen LogP contribution in [0.3, 0.4) is 0 Å². The topological polar surface area (TPSA) is 91.0 Å². The first-order valence-electron chi connectivity index (χ1n) is 8.33. The molecule has 2 saturated heterocycles. The first-order valence-corrected chi connectivity index (χ1v) is 8.33. The van der Waals surface area contributed by atoms with E-state index in [1.54, 1.807) is 0 Å². The fourth-order valence-electron chi connectivity index (χ4n) is 3.48. The van der Waals surface area contributed by atoms with E-state index in [0.717, 1.165) is 32.4 Å². The molecule has 23 heavy (non-hydrogen) atoms. The van der Waals surface area contributed by atoms with Crippen molar-refractivity contribution in [2.45, 2.75) is 31.2 Å². The summed E-state index contributed by atoms with van der Waals surface area (Å²) in [5.74, 6) is -0.132. The van der Waals surface area contributed by atoms with E-state index in [2.05, 4.69) is 15.5 Å². The van der Waals surface area contributed by atoms with Gasteiger partial charge in [-0.2, -0.15) is 0 Å². The van der Waals surface area contributed by atoms with Gasteiger partial charge in [0.15, 0.2) is 0 Å². The number of amides is 4. The molecule has 2 heterocycles. The van der Waals surface area contributed by atoms with Crippen LogP contribution >= 0.6 is 0 Å². The molecule has 0 aromatic heterocycles. The molecular formula is C15H24N4O4. The Morgan fingerprint density at radius 1 is 1.26 bits per heavy atom. The Labute approximate surface area is 135 Å². The molecule has 2 N–H and O–H groups in total. The number of ether oxygens (including phenoxy) is 1. The van der Waals surface area contributed by atoms with Gasteiger partial charge in [-0.3, -0.25) is 19.4 Å². The van der Waals surface area contributed by atoms with E-state index in [1.165, 1.54) is 4.90 Å². The molecule has 2 aliphatic heterocycles. The molecular weight excluding hydrogens is 300 g/mol. The molecule has 0 radical (unpaired) electrons. The summed E-state index contributed by atoms with van der Waals surface area (Å²) in [5, 5.41) is 5.47. The standard InChI is InChI=1S/C15H24N4O4/c20-12-11-17-14(22)19(12)6-2-5-16-13(21)15(3-1-4-15)18-7-9-23-10-8-18/h1-11H2,(H,16,21)(H,17,22). The van der Waals surface area contributed by atoms with Crippen molar-refractivity contribution in [1.82, 2.24) is 20.4 Å². The number of hydrogen-bond donors (Lipinski definition) is 2. The molecule has 0 unspecified atom stereocenters. The van der Waals surface area contributed by atoms with Crippen molar-refractivity contribution >= 4 is 17.8 Å². The highest BCUT2D eigenvalue weighted by molar-refractivity contribution is 6.01. The predicted molar refractivity (Wildman–Crippen MR) is 81.7 cm³/mol. The van der Waals surface area contributed by atoms with Crippen LogP contribution in [0.4, 0.5) is 4.79 Å². The number of urea groups is 1. The third kappa shape index (κ3) is 3.18. The highest BCUT2D eigenvalue weighted by atomic mass is 16.5. The number of imide groups is 1. The molecule has 128 valence electrons. The number of carbonyl (C=O) groups excluding carboxylic acids is 3. The van der Waals surface area contributed by atoms with Crippen LogP contribution in [0.5, 0.6) is 0 Å². The average Bonchev–Trinajstić information content (AvgIpc) is 2.83. The lowest BCUT2D eigenvalue weighted by atomic mass is 9.74. The van der Waals surface area contributed by atoms with E-state index in [4.69, 9.17) is 4.74 Å². The minimum atomic E-state index is -0.370. The molecule has 0 spiro atoms. The number of rotatable bonds is 6. The second-order valence-corrected chi connectivity index (χ2v) is 6.30. The van der Waals surface area contributed by atoms with Crippen LogP contribution in [0.2, 0.25) is 0 Å². The SMILES string of the molecule is O=C1CNC(=O)N1CCCNC(=O)C1(N2CCOCC2)CCC1. The van der Waals surface area contributed by atoms with Gasteiger partial charge in [-0.05, 0) is 25.7 Å². The maximum absolute atomic E-state index is 12.6. The molecule has 0 atom stereocenters. The highest BCUT2D eigenvalue weighted by Crippen LogP contribution is 2.38. The number of carbonyl (C=O) groups is 3. The Bertz CT molecular complexity index is 470. The molecule has 0 bridgehead atoms. The van der Waals surface area contributed by atoms with Crippen LogP contribution in [-0.2, 0) is 14.3 Å². The van der Waals surface area contributed by atoms with Gasteiger partial charge >= 0.3 is 6.03 Å². The van der Waals surface area contributed by atoms with Crippen molar-refractivity contribution in [2.24, 2.45) is 0 Å². The molecule has 3 aliphatic rings. The minimum absolute atomic E-state index is 0.0721. The maximum Gasteiger partial charge on any atom is 0.324 e. The van der Waals surface area contributed by atoms with E-state index in [0.29, 0.717) is 32.7 Å². The Hall–Kier alpha value is -1.67. The molecule has 1 aliphatic carbocycles. The van der Waals surface area contributed by atoms with E-state index in [1.807, 2.05) is 0 Å². The van der Waals surface area contributed by atoms with Gasteiger partial charge in [-0.15, -0.1) is 0 Å². The summed E-state index contributed by atoms with van der Waals surface area (Å²) >= 11 is 0. The Morgan fingerprint density at radius 2 is 2.00 bits per heavy atom. The maximum atomic E-state index is 12.6. The molecule has 0 aromatic carbocycles. The summed E-state index contributed by atoms with van der Waals surface area (Å²) in [6.45, 7) is 3.86. The van der Waals surface area contributed by atoms with Gasteiger partial charge in [0.25, 0.3) is 0 Å². The van der Waals surface area contributed by atoms with Crippen LogP contribution in [0.25, 0.3) is 0 Å². The zero-order valence-electron chi connectivity index (χ0n) is 13.3. The van der Waals surface area contributed by atoms with Crippen molar-refractivity contribution in [1.29, 1.82) is 0 Å². The normalized spacial score (nSPS) is 24.3. The smallest absolute Gasteiger partial charge is 0.324 e. The number of nitrogens with zero attached hydrogens (tertiary/aromatic N) is 2. The van der Waals surface area contributed by atoms with Gasteiger partial charge in [0.2, 0.25) is 11.8 Å². The van der Waals surface area contributed by atoms with Crippen LogP contribution in [0.1, 0.15) is 25.7 Å². The molecule has 8 nitrogen and oxygen atoms in total. The molecule has 3 fully saturated rings. The monoisotopic (exact) mass is 324 g/mol. The summed E-state index contributed by atoms with van der Waals surface area (Å²) in [6, 6.07) is -0.342. The first-order chi connectivity index (χ1) is 11.1. The number of nitrogens with one attached hydrogen (secondary N) is 2. The lowest BCUT2D eigenvalue weighted by Crippen LogP contribution is -2.65. The molecule has 0 aromatic rings. The Balaban J connectivity index is 1.45. The van der Waals surface area contributed by atoms with Crippen LogP contribution in [-0.4, -0.2) is 79.1 Å². The van der Waals surface area contributed by atoms with Crippen molar-refractivity contribution in [3.63, 3.8) is 0 Å². The fraction of sp³-hybridized carbons (Fsp3) is 0.800. The van der Waals surface area contributed by atoms with E-state index >= 15 is 0 Å². The molecule has 3 rings (SSSR count). The Kier molecular flexibility index (Phi) is 4.82. The van der Waals surface area contributed by atoms with Crippen molar-refractivity contribution in [3.05, 3.63) is 0 Å². The third-order valence-corrected chi connectivity index (χ3v) is 5.00. The lowest BCUT2D eigenvalue weighted by Gasteiger charge is -2.50. The minimum Gasteiger partial charge on any atom is -0.379 e. The number of hydrogen-bond acceptors (Lipinski definition) is 5. The molecule has 1 saturated carbocycles. The zero-order chi connectivity index (χ0) is 16.3. The summed E-state index contributed by atoms with van der Waals surface area (Å²) in [4.78, 5) is 39.0. The highest BCUT2D eigenvalue weighted by Gasteiger charge is 2.48. The van der Waals surface area contributed by atoms with Crippen LogP contribution < -0.4 is 10.6 Å². The van der Waals surface area contributed by atoms with Crippen LogP contribution in [0.15, 0.2) is 0 Å². The van der Waals surface area contributed by atoms with E-state index in [9.17, 15) is 14.4 Å². The number of morpholine rings is 1. The summed E-state index contributed by atoms with van der Waals surface area (Å²) < 4.78 is 5.37. The third-order valence-electron chi connectivity index (χ3n) is 5.00. The average molecular weight is 324 g/mol. The largest absolute Gasteiger partial charge is 0.379 e. The molecule has 4 amide bonds. The van der Waals surface area contributed by atoms with Gasteiger partial charge in [-0.1, -0.05) is 0 Å². The summed E-state index contributed by atoms with van der Waals surface area (Å²) in [7, 11) is 0. The van der Waals surface area contributed by atoms with Crippen LogP contribution in [0, 0.1) is 0 Å². The van der Waals surface area contributed by atoms with Gasteiger partial charge in [0.1, 0.15) is 5.54 Å². The van der Waals surface area contributed by atoms with Crippen molar-refractivity contribution < 1.29 is 19.1 Å². The first kappa shape index (κ1) is 16.2. The summed E-state index contributed by atoms with van der Waals surface area (Å²) in [5.41, 5.74) is -0.370. The van der Waals surface area contributed by atoms with Gasteiger partial charge in [0.05, 0.1) is 19.8 Å². The summed E-state index contributed by atoms with van der Waals surface area (Å²) in [6.07, 6.45) is 3.44. The fourth-order valence-corrected chi connectivity index (χ4v) is 3.48. The lowest BCUT2D eigenvalue weighted by molar-refractivity contribution is -0.144. The van der Waals surface area contributed by atoms with Gasteiger partial charge in [-0.25, -0.2) is 4.79 Å². The van der Waals surface area contributed by atoms with E-state index in [-0.39, 0.29) is 29.9 Å². The molecule has 8 heteroatoms. The Morgan fingerprint density at radius 3 is 2.57 bits per heavy atom. The van der Waals surface area contributed by atoms with E-state index < -0.39 is 0 Å². The van der Waals surface area contributed by atoms with Gasteiger partial charge < -0.3 is 15.4 Å². The second kappa shape index (κ2) is 6.84. The quantitative estimate of drug-likeness (QED) is 0.498. The predicted octanol–water partition coefficient (Wildman–Crippen LogP) is -0.701. The van der Waals surface area contributed by atoms with Crippen molar-refractivity contribution in [2.75, 3.05) is 45.9 Å². The van der Waals surface area contributed by atoms with Crippen molar-refractivity contribution in [3.8, 4) is 0 Å². The van der Waals surface area contributed by atoms with Gasteiger partial charge in [0, 0.05) is 26.2 Å².